The van der Waals surface area contributed by atoms with Gasteiger partial charge in [-0.25, -0.2) is 10.0 Å². The fraction of sp³-hybridized carbons (Fsp3) is 0.118. The lowest BCUT2D eigenvalue weighted by atomic mass is 10.1. The zero-order chi connectivity index (χ0) is 19.2. The number of anilines is 3. The van der Waals surface area contributed by atoms with E-state index < -0.39 is 6.36 Å². The number of carbonyl (C=O) groups excluding carboxylic acids is 1. The van der Waals surface area contributed by atoms with Gasteiger partial charge in [0.2, 0.25) is 0 Å². The van der Waals surface area contributed by atoms with Gasteiger partial charge in [0.1, 0.15) is 11.4 Å². The summed E-state index contributed by atoms with van der Waals surface area (Å²) in [5.41, 5.74) is 6.02. The summed E-state index contributed by atoms with van der Waals surface area (Å²) < 4.78 is 40.8. The maximum Gasteiger partial charge on any atom is 0.573 e. The molecule has 2 N–H and O–H groups in total. The van der Waals surface area contributed by atoms with Crippen molar-refractivity contribution in [2.45, 2.75) is 6.36 Å². The van der Waals surface area contributed by atoms with Crippen molar-refractivity contribution in [3.8, 4) is 5.75 Å². The minimum absolute atomic E-state index is 0.337. The Bertz CT molecular complexity index is 931. The van der Waals surface area contributed by atoms with E-state index in [2.05, 4.69) is 31.5 Å². The van der Waals surface area contributed by atoms with E-state index in [-0.39, 0.29) is 11.7 Å². The summed E-state index contributed by atoms with van der Waals surface area (Å²) in [4.78, 5) is 12.9. The van der Waals surface area contributed by atoms with Crippen LogP contribution in [0.2, 0.25) is 0 Å². The number of halogens is 4. The minimum atomic E-state index is -4.77. The number of nitrogens with one attached hydrogen (secondary N) is 2. The number of fused-ring (bicyclic) bond motifs is 3. The van der Waals surface area contributed by atoms with Gasteiger partial charge in [-0.3, -0.25) is 4.79 Å². The van der Waals surface area contributed by atoms with Crippen LogP contribution < -0.4 is 25.6 Å². The van der Waals surface area contributed by atoms with Gasteiger partial charge in [0, 0.05) is 5.33 Å². The predicted molar refractivity (Wildman–Crippen MR) is 97.1 cm³/mol. The lowest BCUT2D eigenvalue weighted by Crippen LogP contribution is -2.41. The second-order valence-corrected chi connectivity index (χ2v) is 6.28. The maximum atomic E-state index is 12.9. The molecule has 2 aromatic carbocycles. The molecule has 0 bridgehead atoms. The van der Waals surface area contributed by atoms with Gasteiger partial charge in [-0.05, 0) is 36.4 Å². The summed E-state index contributed by atoms with van der Waals surface area (Å²) >= 11 is 3.37. The molecule has 0 atom stereocenters. The Morgan fingerprint density at radius 1 is 1.04 bits per heavy atom. The number of amides is 1. The van der Waals surface area contributed by atoms with E-state index in [4.69, 9.17) is 0 Å². The molecule has 1 fully saturated rings. The van der Waals surface area contributed by atoms with Gasteiger partial charge in [-0.1, -0.05) is 28.1 Å². The smallest absolute Gasteiger partial charge is 0.406 e. The molecule has 1 amide bonds. The number of hydrogen-bond donors (Lipinski definition) is 2. The van der Waals surface area contributed by atoms with Crippen LogP contribution in [0.15, 0.2) is 59.9 Å². The minimum Gasteiger partial charge on any atom is -0.406 e. The third-order valence-corrected chi connectivity index (χ3v) is 4.57. The Balaban J connectivity index is 1.66. The zero-order valence-corrected chi connectivity index (χ0v) is 15.1. The molecule has 2 heterocycles. The Labute approximate surface area is 160 Å². The van der Waals surface area contributed by atoms with Crippen molar-refractivity contribution < 1.29 is 22.7 Å². The number of hydrogen-bond acceptors (Lipinski definition) is 5. The van der Waals surface area contributed by atoms with Crippen LogP contribution in [-0.2, 0) is 4.79 Å². The van der Waals surface area contributed by atoms with Gasteiger partial charge in [-0.2, -0.15) is 0 Å². The number of allylic oxidation sites excluding steroid dienone is 1. The first kappa shape index (κ1) is 17.7. The van der Waals surface area contributed by atoms with E-state index in [0.29, 0.717) is 22.4 Å². The molecule has 10 heteroatoms. The first-order chi connectivity index (χ1) is 12.9. The number of nitrogens with zero attached hydrogens (tertiary/aromatic N) is 2. The largest absolute Gasteiger partial charge is 0.573 e. The topological polar surface area (TPSA) is 56.8 Å². The lowest BCUT2D eigenvalue weighted by Gasteiger charge is -2.28. The third-order valence-electron chi connectivity index (χ3n) is 4.01. The summed E-state index contributed by atoms with van der Waals surface area (Å²) in [7, 11) is 0. The van der Waals surface area contributed by atoms with Crippen LogP contribution >= 0.6 is 15.9 Å². The fourth-order valence-corrected chi connectivity index (χ4v) is 3.31. The normalized spacial score (nSPS) is 16.2. The van der Waals surface area contributed by atoms with E-state index in [0.717, 1.165) is 23.5 Å². The first-order valence-electron chi connectivity index (χ1n) is 7.79. The van der Waals surface area contributed by atoms with Crippen LogP contribution in [0.1, 0.15) is 0 Å². The van der Waals surface area contributed by atoms with E-state index in [1.807, 2.05) is 24.3 Å². The van der Waals surface area contributed by atoms with Crippen LogP contribution in [0, 0.1) is 0 Å². The Hall–Kier alpha value is -2.72. The second kappa shape index (κ2) is 6.46. The molecule has 0 aromatic heterocycles. The fourth-order valence-electron chi connectivity index (χ4n) is 2.90. The molecule has 140 valence electrons. The van der Waals surface area contributed by atoms with Crippen molar-refractivity contribution in [3.05, 3.63) is 59.9 Å². The summed E-state index contributed by atoms with van der Waals surface area (Å²) in [6, 6.07) is 12.5. The summed E-state index contributed by atoms with van der Waals surface area (Å²) in [6.07, 6.45) is -4.77. The molecule has 4 rings (SSSR count). The van der Waals surface area contributed by atoms with Gasteiger partial charge in [0.25, 0.3) is 5.91 Å². The maximum absolute atomic E-state index is 12.9. The monoisotopic (exact) mass is 440 g/mol. The van der Waals surface area contributed by atoms with Crippen molar-refractivity contribution in [1.82, 2.24) is 5.53 Å². The van der Waals surface area contributed by atoms with Crippen LogP contribution in [-0.4, -0.2) is 17.6 Å². The number of benzene rings is 2. The first-order valence-corrected chi connectivity index (χ1v) is 8.91. The van der Waals surface area contributed by atoms with Gasteiger partial charge in [0.05, 0.1) is 22.8 Å². The van der Waals surface area contributed by atoms with Gasteiger partial charge < -0.3 is 10.1 Å². The van der Waals surface area contributed by atoms with Gasteiger partial charge >= 0.3 is 6.36 Å². The molecule has 0 saturated carbocycles. The summed E-state index contributed by atoms with van der Waals surface area (Å²) in [5.74, 6) is -0.695. The standard InChI is InChI=1S/C17H12BrF3N4O2/c18-9-13-15-16(26)24(10-5-7-11(8-6-10)27-17(19,20)21)23-25(15)14-4-2-1-3-12(14)22-13/h1-8,22-23H,9H2. The van der Waals surface area contributed by atoms with Crippen LogP contribution in [0.3, 0.4) is 0 Å². The molecule has 2 aliphatic rings. The molecule has 2 aliphatic heterocycles. The molecule has 0 unspecified atom stereocenters. The van der Waals surface area contributed by atoms with E-state index in [1.54, 1.807) is 5.01 Å². The quantitative estimate of drug-likeness (QED) is 0.709. The number of carbonyl (C=O) groups is 1. The molecule has 0 radical (unpaired) electrons. The van der Waals surface area contributed by atoms with Crippen molar-refractivity contribution in [3.63, 3.8) is 0 Å². The molecule has 1 saturated heterocycles. The molecular weight excluding hydrogens is 429 g/mol. The third kappa shape index (κ3) is 3.21. The highest BCUT2D eigenvalue weighted by Crippen LogP contribution is 2.38. The Morgan fingerprint density at radius 2 is 1.74 bits per heavy atom. The molecule has 27 heavy (non-hydrogen) atoms. The lowest BCUT2D eigenvalue weighted by molar-refractivity contribution is -0.274. The van der Waals surface area contributed by atoms with Crippen LogP contribution in [0.25, 0.3) is 0 Å². The van der Waals surface area contributed by atoms with Crippen molar-refractivity contribution in [2.75, 3.05) is 20.7 Å². The highest BCUT2D eigenvalue weighted by atomic mass is 79.9. The van der Waals surface area contributed by atoms with Crippen molar-refractivity contribution in [2.24, 2.45) is 0 Å². The molecule has 0 spiro atoms. The molecule has 6 nitrogen and oxygen atoms in total. The number of rotatable bonds is 3. The van der Waals surface area contributed by atoms with Gasteiger partial charge in [0.15, 0.2) is 0 Å². The average Bonchev–Trinajstić information content (AvgIpc) is 2.98. The molecular formula is C17H12BrF3N4O2. The Morgan fingerprint density at radius 3 is 2.41 bits per heavy atom. The van der Waals surface area contributed by atoms with Crippen LogP contribution in [0.5, 0.6) is 5.75 Å². The van der Waals surface area contributed by atoms with Crippen LogP contribution in [0.4, 0.5) is 30.2 Å². The van der Waals surface area contributed by atoms with Crippen molar-refractivity contribution >= 4 is 38.9 Å². The highest BCUT2D eigenvalue weighted by molar-refractivity contribution is 9.09. The highest BCUT2D eigenvalue weighted by Gasteiger charge is 2.40. The average molecular weight is 441 g/mol. The predicted octanol–water partition coefficient (Wildman–Crippen LogP) is 3.89. The number of para-hydroxylation sites is 2. The van der Waals surface area contributed by atoms with E-state index in [1.165, 1.54) is 17.1 Å². The molecule has 0 aliphatic carbocycles. The van der Waals surface area contributed by atoms with E-state index in [9.17, 15) is 18.0 Å². The second-order valence-electron chi connectivity index (χ2n) is 5.72. The van der Waals surface area contributed by atoms with Gasteiger partial charge in [-0.15, -0.1) is 18.7 Å². The van der Waals surface area contributed by atoms with E-state index >= 15 is 0 Å². The number of hydrazine groups is 2. The number of ether oxygens (including phenoxy) is 1. The summed E-state index contributed by atoms with van der Waals surface area (Å²) in [5, 5.41) is 6.54. The van der Waals surface area contributed by atoms with Crippen molar-refractivity contribution in [1.29, 1.82) is 0 Å². The SMILES string of the molecule is O=C1C2=C(CBr)Nc3ccccc3N2NN1c1ccc(OC(F)(F)F)cc1. The molecule has 2 aromatic rings. The zero-order valence-electron chi connectivity index (χ0n) is 13.5. The summed E-state index contributed by atoms with van der Waals surface area (Å²) in [6.45, 7) is 0. The Kier molecular flexibility index (Phi) is 4.23. The number of alkyl halides is 4.